The van der Waals surface area contributed by atoms with E-state index in [1.54, 1.807) is 7.11 Å². The van der Waals surface area contributed by atoms with Crippen LogP contribution in [0.1, 0.15) is 12.8 Å². The average molecular weight is 199 g/mol. The third kappa shape index (κ3) is 2.61. The Hall–Kier alpha value is 0.200. The van der Waals surface area contributed by atoms with E-state index >= 15 is 0 Å². The highest BCUT2D eigenvalue weighted by Gasteiger charge is 2.33. The largest absolute Gasteiger partial charge is 0.381 e. The number of halogens is 1. The molecule has 0 aromatic carbocycles. The second-order valence-electron chi connectivity index (χ2n) is 2.82. The summed E-state index contributed by atoms with van der Waals surface area (Å²) in [6, 6.07) is 0. The molecular formula is C6H11ClO3S. The van der Waals surface area contributed by atoms with Crippen LogP contribution >= 0.6 is 10.7 Å². The maximum atomic E-state index is 10.6. The van der Waals surface area contributed by atoms with Crippen molar-refractivity contribution in [2.45, 2.75) is 18.9 Å². The van der Waals surface area contributed by atoms with Gasteiger partial charge in [0, 0.05) is 23.7 Å². The van der Waals surface area contributed by atoms with Crippen molar-refractivity contribution in [3.63, 3.8) is 0 Å². The van der Waals surface area contributed by atoms with Gasteiger partial charge < -0.3 is 4.74 Å². The molecule has 0 saturated heterocycles. The lowest BCUT2D eigenvalue weighted by molar-refractivity contribution is -0.00600. The van der Waals surface area contributed by atoms with Crippen molar-refractivity contribution in [1.82, 2.24) is 0 Å². The average Bonchev–Trinajstić information content (AvgIpc) is 1.80. The van der Waals surface area contributed by atoms with E-state index in [-0.39, 0.29) is 17.8 Å². The molecule has 0 aliphatic heterocycles. The van der Waals surface area contributed by atoms with Crippen LogP contribution in [0, 0.1) is 5.92 Å². The van der Waals surface area contributed by atoms with Gasteiger partial charge in [-0.1, -0.05) is 0 Å². The molecule has 0 N–H and O–H groups in total. The van der Waals surface area contributed by atoms with E-state index in [2.05, 4.69) is 0 Å². The maximum absolute atomic E-state index is 10.6. The molecule has 1 rings (SSSR count). The van der Waals surface area contributed by atoms with Crippen LogP contribution in [-0.4, -0.2) is 27.4 Å². The van der Waals surface area contributed by atoms with Gasteiger partial charge in [0.2, 0.25) is 9.05 Å². The number of hydrogen-bond acceptors (Lipinski definition) is 3. The smallest absolute Gasteiger partial charge is 0.232 e. The molecule has 1 fully saturated rings. The van der Waals surface area contributed by atoms with Crippen LogP contribution in [0.3, 0.4) is 0 Å². The molecule has 0 spiro atoms. The van der Waals surface area contributed by atoms with E-state index < -0.39 is 9.05 Å². The first-order chi connectivity index (χ1) is 5.03. The SMILES string of the molecule is CO[C@@H]1CC[C@H]1CS(=O)(=O)Cl. The molecule has 66 valence electrons. The summed E-state index contributed by atoms with van der Waals surface area (Å²) in [5.41, 5.74) is 0. The highest BCUT2D eigenvalue weighted by molar-refractivity contribution is 8.13. The van der Waals surface area contributed by atoms with Gasteiger partial charge in [0.15, 0.2) is 0 Å². The summed E-state index contributed by atoms with van der Waals surface area (Å²) >= 11 is 0. The third-order valence-corrected chi connectivity index (χ3v) is 3.27. The Morgan fingerprint density at radius 3 is 2.45 bits per heavy atom. The van der Waals surface area contributed by atoms with Crippen molar-refractivity contribution in [2.75, 3.05) is 12.9 Å². The van der Waals surface area contributed by atoms with Gasteiger partial charge in [-0.15, -0.1) is 0 Å². The Morgan fingerprint density at radius 1 is 1.55 bits per heavy atom. The van der Waals surface area contributed by atoms with E-state index in [1.165, 1.54) is 0 Å². The summed E-state index contributed by atoms with van der Waals surface area (Å²) < 4.78 is 26.2. The Labute approximate surface area is 71.1 Å². The zero-order chi connectivity index (χ0) is 8.48. The summed E-state index contributed by atoms with van der Waals surface area (Å²) in [6.07, 6.45) is 1.96. The van der Waals surface area contributed by atoms with Gasteiger partial charge in [-0.25, -0.2) is 8.42 Å². The lowest BCUT2D eigenvalue weighted by Gasteiger charge is -2.34. The van der Waals surface area contributed by atoms with Gasteiger partial charge in [0.1, 0.15) is 0 Å². The fourth-order valence-corrected chi connectivity index (χ4v) is 2.67. The van der Waals surface area contributed by atoms with Crippen LogP contribution in [0.25, 0.3) is 0 Å². The summed E-state index contributed by atoms with van der Waals surface area (Å²) in [6.45, 7) is 0. The van der Waals surface area contributed by atoms with Crippen LogP contribution in [-0.2, 0) is 13.8 Å². The molecule has 11 heavy (non-hydrogen) atoms. The second kappa shape index (κ2) is 3.29. The van der Waals surface area contributed by atoms with E-state index in [4.69, 9.17) is 15.4 Å². The summed E-state index contributed by atoms with van der Waals surface area (Å²) in [4.78, 5) is 0. The van der Waals surface area contributed by atoms with Gasteiger partial charge in [-0.3, -0.25) is 0 Å². The number of hydrogen-bond donors (Lipinski definition) is 0. The van der Waals surface area contributed by atoms with Crippen LogP contribution in [0.2, 0.25) is 0 Å². The highest BCUT2D eigenvalue weighted by Crippen LogP contribution is 2.31. The zero-order valence-electron chi connectivity index (χ0n) is 6.29. The molecule has 5 heteroatoms. The number of rotatable bonds is 3. The second-order valence-corrected chi connectivity index (χ2v) is 5.64. The first kappa shape index (κ1) is 9.29. The first-order valence-corrected chi connectivity index (χ1v) is 5.96. The normalized spacial score (nSPS) is 31.5. The number of methoxy groups -OCH3 is 1. The Balaban J connectivity index is 2.40. The molecule has 1 aliphatic rings. The van der Waals surface area contributed by atoms with Crippen LogP contribution in [0.4, 0.5) is 0 Å². The minimum atomic E-state index is -3.33. The fraction of sp³-hybridized carbons (Fsp3) is 1.00. The van der Waals surface area contributed by atoms with Crippen molar-refractivity contribution >= 4 is 19.7 Å². The molecule has 2 atom stereocenters. The van der Waals surface area contributed by atoms with Crippen molar-refractivity contribution < 1.29 is 13.2 Å². The standard InChI is InChI=1S/C6H11ClO3S/c1-10-6-3-2-5(6)4-11(7,8)9/h5-6H,2-4H2,1H3/t5-,6+/m0/s1. The molecule has 1 saturated carbocycles. The van der Waals surface area contributed by atoms with Gasteiger partial charge in [0.25, 0.3) is 0 Å². The topological polar surface area (TPSA) is 43.4 Å². The molecule has 1 aliphatic carbocycles. The van der Waals surface area contributed by atoms with Crippen LogP contribution < -0.4 is 0 Å². The van der Waals surface area contributed by atoms with E-state index in [1.807, 2.05) is 0 Å². The molecule has 0 bridgehead atoms. The monoisotopic (exact) mass is 198 g/mol. The lowest BCUT2D eigenvalue weighted by atomic mass is 9.83. The van der Waals surface area contributed by atoms with Gasteiger partial charge >= 0.3 is 0 Å². The lowest BCUT2D eigenvalue weighted by Crippen LogP contribution is -2.37. The van der Waals surface area contributed by atoms with Crippen molar-refractivity contribution in [2.24, 2.45) is 5.92 Å². The minimum Gasteiger partial charge on any atom is -0.381 e. The minimum absolute atomic E-state index is 0.0487. The zero-order valence-corrected chi connectivity index (χ0v) is 7.86. The third-order valence-electron chi connectivity index (χ3n) is 2.06. The van der Waals surface area contributed by atoms with Crippen LogP contribution in [0.15, 0.2) is 0 Å². The summed E-state index contributed by atoms with van der Waals surface area (Å²) in [5.74, 6) is 0.162. The molecule has 0 aromatic rings. The molecule has 0 radical (unpaired) electrons. The van der Waals surface area contributed by atoms with Crippen molar-refractivity contribution in [3.05, 3.63) is 0 Å². The van der Waals surface area contributed by atoms with Crippen molar-refractivity contribution in [1.29, 1.82) is 0 Å². The van der Waals surface area contributed by atoms with Crippen LogP contribution in [0.5, 0.6) is 0 Å². The summed E-state index contributed by atoms with van der Waals surface area (Å²) in [5, 5.41) is 0. The molecule has 0 heterocycles. The highest BCUT2D eigenvalue weighted by atomic mass is 35.7. The van der Waals surface area contributed by atoms with E-state index in [9.17, 15) is 8.42 Å². The van der Waals surface area contributed by atoms with Gasteiger partial charge in [-0.2, -0.15) is 0 Å². The predicted molar refractivity (Wildman–Crippen MR) is 43.2 cm³/mol. The molecule has 0 aromatic heterocycles. The molecule has 3 nitrogen and oxygen atoms in total. The van der Waals surface area contributed by atoms with Gasteiger partial charge in [0.05, 0.1) is 11.9 Å². The number of ether oxygens (including phenoxy) is 1. The summed E-state index contributed by atoms with van der Waals surface area (Å²) in [7, 11) is 3.34. The molecular weight excluding hydrogens is 188 g/mol. The fourth-order valence-electron chi connectivity index (χ4n) is 1.30. The van der Waals surface area contributed by atoms with E-state index in [0.29, 0.717) is 0 Å². The Bertz CT molecular complexity index is 222. The predicted octanol–water partition coefficient (Wildman–Crippen LogP) is 0.980. The van der Waals surface area contributed by atoms with Gasteiger partial charge in [-0.05, 0) is 12.8 Å². The Kier molecular flexibility index (Phi) is 2.78. The van der Waals surface area contributed by atoms with Crippen molar-refractivity contribution in [3.8, 4) is 0 Å². The first-order valence-electron chi connectivity index (χ1n) is 3.48. The molecule has 0 amide bonds. The Morgan fingerprint density at radius 2 is 2.18 bits per heavy atom. The maximum Gasteiger partial charge on any atom is 0.232 e. The quantitative estimate of drug-likeness (QED) is 0.635. The molecule has 0 unspecified atom stereocenters. The van der Waals surface area contributed by atoms with E-state index in [0.717, 1.165) is 12.8 Å².